The highest BCUT2D eigenvalue weighted by atomic mass is 35.5. The van der Waals surface area contributed by atoms with Crippen molar-refractivity contribution in [1.29, 1.82) is 0 Å². The lowest BCUT2D eigenvalue weighted by molar-refractivity contribution is -0.0447. The summed E-state index contributed by atoms with van der Waals surface area (Å²) >= 11 is 6.22. The van der Waals surface area contributed by atoms with E-state index in [4.69, 9.17) is 22.1 Å². The molecule has 0 bridgehead atoms. The summed E-state index contributed by atoms with van der Waals surface area (Å²) in [5, 5.41) is 11.7. The number of amides is 2. The molecule has 2 heterocycles. The lowest BCUT2D eigenvalue weighted by Crippen LogP contribution is -2.46. The fourth-order valence-corrected chi connectivity index (χ4v) is 5.43. The number of aromatic amines is 1. The van der Waals surface area contributed by atoms with Crippen molar-refractivity contribution in [2.45, 2.75) is 6.10 Å². The Kier molecular flexibility index (Phi) is 6.56. The molecule has 1 atom stereocenters. The maximum atomic E-state index is 13.3. The number of hydrogen-bond acceptors (Lipinski definition) is 4. The summed E-state index contributed by atoms with van der Waals surface area (Å²) in [5.74, 6) is -0.674. The summed E-state index contributed by atoms with van der Waals surface area (Å²) in [4.78, 5) is 30.9. The summed E-state index contributed by atoms with van der Waals surface area (Å²) in [5.41, 5.74) is 11.9. The number of halogens is 1. The van der Waals surface area contributed by atoms with Crippen LogP contribution in [0.25, 0.3) is 44.1 Å². The van der Waals surface area contributed by atoms with Gasteiger partial charge in [0.1, 0.15) is 0 Å². The van der Waals surface area contributed by atoms with Crippen LogP contribution in [-0.4, -0.2) is 59.2 Å². The molecule has 8 heteroatoms. The van der Waals surface area contributed by atoms with Gasteiger partial charge in [0, 0.05) is 40.0 Å². The van der Waals surface area contributed by atoms with Crippen LogP contribution >= 0.6 is 11.6 Å². The Labute approximate surface area is 229 Å². The van der Waals surface area contributed by atoms with Crippen molar-refractivity contribution in [1.82, 2.24) is 9.88 Å². The number of fused-ring (bicyclic) bond motifs is 3. The van der Waals surface area contributed by atoms with Gasteiger partial charge < -0.3 is 25.5 Å². The number of aliphatic hydroxyl groups is 1. The van der Waals surface area contributed by atoms with E-state index in [0.717, 1.165) is 38.5 Å². The third kappa shape index (κ3) is 4.76. The standard InChI is InChI=1S/C31H26ClN3O4/c32-23-6-2-5-20(12-23)18-3-1-4-19(11-18)22-14-26-25-13-21(31(38)35-9-10-39-24(16-35)17-36)7-8-28(25)34-29(26)27(15-22)30(33)37/h1-8,11-15,24,34,36H,9-10,16-17H2,(H2,33,37). The number of rotatable bonds is 5. The van der Waals surface area contributed by atoms with E-state index >= 15 is 0 Å². The van der Waals surface area contributed by atoms with Crippen LogP contribution in [0.15, 0.2) is 78.9 Å². The van der Waals surface area contributed by atoms with Gasteiger partial charge in [-0.1, -0.05) is 41.9 Å². The van der Waals surface area contributed by atoms with Crippen molar-refractivity contribution in [2.75, 3.05) is 26.3 Å². The van der Waals surface area contributed by atoms with Crippen molar-refractivity contribution in [3.8, 4) is 22.3 Å². The number of aliphatic hydroxyl groups excluding tert-OH is 1. The van der Waals surface area contributed by atoms with E-state index in [1.54, 1.807) is 17.0 Å². The summed E-state index contributed by atoms with van der Waals surface area (Å²) in [6.45, 7) is 1.04. The van der Waals surface area contributed by atoms with Crippen LogP contribution in [0.3, 0.4) is 0 Å². The first kappa shape index (κ1) is 25.1. The average Bonchev–Trinajstić information content (AvgIpc) is 3.34. The number of nitrogens with two attached hydrogens (primary N) is 1. The SMILES string of the molecule is NC(=O)c1cc(-c2cccc(-c3cccc(Cl)c3)c2)cc2c1[nH]c1ccc(C(=O)N3CCOC(CO)C3)cc12. The number of carbonyl (C=O) groups is 2. The maximum absolute atomic E-state index is 13.3. The van der Waals surface area contributed by atoms with Crippen molar-refractivity contribution < 1.29 is 19.4 Å². The first-order valence-corrected chi connectivity index (χ1v) is 13.1. The zero-order valence-electron chi connectivity index (χ0n) is 21.0. The molecule has 0 spiro atoms. The number of benzene rings is 4. The van der Waals surface area contributed by atoms with E-state index in [-0.39, 0.29) is 18.6 Å². The predicted molar refractivity (Wildman–Crippen MR) is 153 cm³/mol. The molecule has 4 N–H and O–H groups in total. The molecule has 1 aromatic heterocycles. The van der Waals surface area contributed by atoms with Crippen LogP contribution < -0.4 is 5.73 Å². The van der Waals surface area contributed by atoms with E-state index < -0.39 is 5.91 Å². The summed E-state index contributed by atoms with van der Waals surface area (Å²) in [6.07, 6.45) is -0.386. The maximum Gasteiger partial charge on any atom is 0.254 e. The molecule has 2 amide bonds. The number of H-pyrrole nitrogens is 1. The second-order valence-electron chi connectivity index (χ2n) is 9.71. The summed E-state index contributed by atoms with van der Waals surface area (Å²) < 4.78 is 5.49. The molecule has 4 aromatic carbocycles. The van der Waals surface area contributed by atoms with Crippen LogP contribution in [0.1, 0.15) is 20.7 Å². The zero-order valence-corrected chi connectivity index (χ0v) is 21.7. The molecule has 1 unspecified atom stereocenters. The van der Waals surface area contributed by atoms with Crippen molar-refractivity contribution >= 4 is 45.2 Å². The third-order valence-electron chi connectivity index (χ3n) is 7.20. The van der Waals surface area contributed by atoms with E-state index in [2.05, 4.69) is 11.1 Å². The minimum Gasteiger partial charge on any atom is -0.394 e. The van der Waals surface area contributed by atoms with E-state index in [1.165, 1.54) is 0 Å². The average molecular weight is 540 g/mol. The molecule has 0 saturated carbocycles. The second kappa shape index (κ2) is 10.2. The minimum atomic E-state index is -0.543. The highest BCUT2D eigenvalue weighted by Crippen LogP contribution is 2.35. The molecule has 5 aromatic rings. The monoisotopic (exact) mass is 539 g/mol. The topological polar surface area (TPSA) is 109 Å². The van der Waals surface area contributed by atoms with Gasteiger partial charge in [-0.3, -0.25) is 9.59 Å². The molecular formula is C31H26ClN3O4. The van der Waals surface area contributed by atoms with Gasteiger partial charge in [-0.25, -0.2) is 0 Å². The molecule has 6 rings (SSSR count). The van der Waals surface area contributed by atoms with Gasteiger partial charge >= 0.3 is 0 Å². The first-order valence-electron chi connectivity index (χ1n) is 12.7. The number of aromatic nitrogens is 1. The van der Waals surface area contributed by atoms with E-state index in [0.29, 0.717) is 41.4 Å². The fraction of sp³-hybridized carbons (Fsp3) is 0.161. The third-order valence-corrected chi connectivity index (χ3v) is 7.44. The van der Waals surface area contributed by atoms with Gasteiger partial charge in [0.2, 0.25) is 0 Å². The number of carbonyl (C=O) groups excluding carboxylic acids is 2. The Balaban J connectivity index is 1.46. The molecule has 196 valence electrons. The minimum absolute atomic E-state index is 0.131. The lowest BCUT2D eigenvalue weighted by atomic mass is 9.95. The molecule has 1 aliphatic rings. The van der Waals surface area contributed by atoms with Gasteiger partial charge in [-0.2, -0.15) is 0 Å². The molecule has 0 radical (unpaired) electrons. The Morgan fingerprint density at radius 3 is 2.44 bits per heavy atom. The highest BCUT2D eigenvalue weighted by Gasteiger charge is 2.25. The van der Waals surface area contributed by atoms with Crippen LogP contribution in [0, 0.1) is 0 Å². The second-order valence-corrected chi connectivity index (χ2v) is 10.2. The van der Waals surface area contributed by atoms with Crippen molar-refractivity contribution in [3.05, 3.63) is 95.0 Å². The fourth-order valence-electron chi connectivity index (χ4n) is 5.24. The Morgan fingerprint density at radius 2 is 1.69 bits per heavy atom. The number of hydrogen-bond donors (Lipinski definition) is 3. The van der Waals surface area contributed by atoms with Gasteiger partial charge in [0.05, 0.1) is 30.4 Å². The number of nitrogens with one attached hydrogen (secondary N) is 1. The summed E-state index contributed by atoms with van der Waals surface area (Å²) in [7, 11) is 0. The number of nitrogens with zero attached hydrogens (tertiary/aromatic N) is 1. The zero-order chi connectivity index (χ0) is 27.1. The normalized spacial score (nSPS) is 15.6. The quantitative estimate of drug-likeness (QED) is 0.284. The van der Waals surface area contributed by atoms with Crippen LogP contribution in [0.2, 0.25) is 5.02 Å². The predicted octanol–water partition coefficient (Wildman–Crippen LogP) is 5.24. The number of primary amides is 1. The summed E-state index contributed by atoms with van der Waals surface area (Å²) in [6, 6.07) is 24.9. The van der Waals surface area contributed by atoms with Gasteiger partial charge in [-0.05, 0) is 70.8 Å². The van der Waals surface area contributed by atoms with E-state index in [1.807, 2.05) is 60.7 Å². The Morgan fingerprint density at radius 1 is 0.949 bits per heavy atom. The van der Waals surface area contributed by atoms with Gasteiger partial charge in [0.15, 0.2) is 0 Å². The Bertz CT molecular complexity index is 1750. The molecule has 1 aliphatic heterocycles. The highest BCUT2D eigenvalue weighted by molar-refractivity contribution is 6.30. The first-order chi connectivity index (χ1) is 18.9. The van der Waals surface area contributed by atoms with Crippen LogP contribution in [0.4, 0.5) is 0 Å². The smallest absolute Gasteiger partial charge is 0.254 e. The van der Waals surface area contributed by atoms with Gasteiger partial charge in [-0.15, -0.1) is 0 Å². The van der Waals surface area contributed by atoms with Gasteiger partial charge in [0.25, 0.3) is 11.8 Å². The Hall–Kier alpha value is -4.17. The molecule has 7 nitrogen and oxygen atoms in total. The van der Waals surface area contributed by atoms with Crippen LogP contribution in [-0.2, 0) is 4.74 Å². The largest absolute Gasteiger partial charge is 0.394 e. The molecule has 0 aliphatic carbocycles. The van der Waals surface area contributed by atoms with Crippen molar-refractivity contribution in [2.24, 2.45) is 5.73 Å². The molecule has 1 fully saturated rings. The lowest BCUT2D eigenvalue weighted by Gasteiger charge is -2.32. The number of ether oxygens (including phenoxy) is 1. The molecule has 1 saturated heterocycles. The van der Waals surface area contributed by atoms with E-state index in [9.17, 15) is 14.7 Å². The number of morpholine rings is 1. The van der Waals surface area contributed by atoms with Crippen LogP contribution in [0.5, 0.6) is 0 Å². The molecular weight excluding hydrogens is 514 g/mol. The van der Waals surface area contributed by atoms with Crippen molar-refractivity contribution in [3.63, 3.8) is 0 Å². The molecule has 39 heavy (non-hydrogen) atoms.